The fourth-order valence-electron chi connectivity index (χ4n) is 1.06. The smallest absolute Gasteiger partial charge is 0.134 e. The van der Waals surface area contributed by atoms with Gasteiger partial charge >= 0.3 is 0 Å². The highest BCUT2D eigenvalue weighted by Crippen LogP contribution is 2.24. The topological polar surface area (TPSA) is 38.7 Å². The van der Waals surface area contributed by atoms with Gasteiger partial charge in [0.1, 0.15) is 16.6 Å². The summed E-state index contributed by atoms with van der Waals surface area (Å²) in [6, 6.07) is 5.44. The Bertz CT molecular complexity index is 479. The predicted octanol–water partition coefficient (Wildman–Crippen LogP) is 3.47. The fraction of sp³-hybridized carbons (Fsp3) is 0.100. The molecule has 3 nitrogen and oxygen atoms in total. The highest BCUT2D eigenvalue weighted by Gasteiger charge is 2.04. The standard InChI is InChI=1S/C10H7Cl2N3S/c11-8-2-1-7(10(12)15-8)5-16-9-3-4-13-6-14-9/h1-4,6H,5H2. The number of hydrogen-bond acceptors (Lipinski definition) is 4. The number of nitrogens with zero attached hydrogens (tertiary/aromatic N) is 3. The summed E-state index contributed by atoms with van der Waals surface area (Å²) >= 11 is 13.2. The monoisotopic (exact) mass is 271 g/mol. The van der Waals surface area contributed by atoms with Crippen molar-refractivity contribution in [2.45, 2.75) is 10.8 Å². The van der Waals surface area contributed by atoms with Gasteiger partial charge in [0.05, 0.1) is 5.03 Å². The second kappa shape index (κ2) is 5.48. The third-order valence-corrected chi connectivity index (χ3v) is 3.35. The lowest BCUT2D eigenvalue weighted by Crippen LogP contribution is -1.88. The van der Waals surface area contributed by atoms with Crippen molar-refractivity contribution in [3.63, 3.8) is 0 Å². The lowest BCUT2D eigenvalue weighted by atomic mass is 10.3. The zero-order valence-electron chi connectivity index (χ0n) is 8.10. The Labute approximate surface area is 107 Å². The van der Waals surface area contributed by atoms with E-state index in [1.165, 1.54) is 6.33 Å². The van der Waals surface area contributed by atoms with Gasteiger partial charge < -0.3 is 0 Å². The van der Waals surface area contributed by atoms with Gasteiger partial charge in [-0.3, -0.25) is 0 Å². The second-order valence-electron chi connectivity index (χ2n) is 2.92. The van der Waals surface area contributed by atoms with Crippen LogP contribution in [0.3, 0.4) is 0 Å². The Kier molecular flexibility index (Phi) is 3.98. The van der Waals surface area contributed by atoms with E-state index in [-0.39, 0.29) is 0 Å². The van der Waals surface area contributed by atoms with Gasteiger partial charge in [-0.2, -0.15) is 0 Å². The summed E-state index contributed by atoms with van der Waals surface area (Å²) in [5.41, 5.74) is 0.940. The molecule has 0 atom stereocenters. The van der Waals surface area contributed by atoms with Crippen molar-refractivity contribution in [2.24, 2.45) is 0 Å². The van der Waals surface area contributed by atoms with Crippen LogP contribution in [0.15, 0.2) is 35.7 Å². The average molecular weight is 272 g/mol. The molecule has 6 heteroatoms. The molecule has 2 aromatic heterocycles. The molecule has 0 aliphatic rings. The van der Waals surface area contributed by atoms with Gasteiger partial charge in [0, 0.05) is 11.9 Å². The van der Waals surface area contributed by atoms with E-state index in [2.05, 4.69) is 15.0 Å². The van der Waals surface area contributed by atoms with Crippen molar-refractivity contribution in [2.75, 3.05) is 0 Å². The molecule has 0 spiro atoms. The molecule has 16 heavy (non-hydrogen) atoms. The number of halogens is 2. The molecule has 0 unspecified atom stereocenters. The van der Waals surface area contributed by atoms with Crippen LogP contribution in [0.25, 0.3) is 0 Å². The van der Waals surface area contributed by atoms with E-state index in [0.717, 1.165) is 10.6 Å². The highest BCUT2D eigenvalue weighted by molar-refractivity contribution is 7.98. The second-order valence-corrected chi connectivity index (χ2v) is 4.66. The molecule has 0 aromatic carbocycles. The molecule has 0 amide bonds. The number of rotatable bonds is 3. The van der Waals surface area contributed by atoms with Crippen molar-refractivity contribution < 1.29 is 0 Å². The third kappa shape index (κ3) is 3.07. The molecular formula is C10H7Cl2N3S. The lowest BCUT2D eigenvalue weighted by Gasteiger charge is -2.02. The minimum atomic E-state index is 0.404. The van der Waals surface area contributed by atoms with Crippen LogP contribution < -0.4 is 0 Å². The summed E-state index contributed by atoms with van der Waals surface area (Å²) in [6.07, 6.45) is 3.22. The van der Waals surface area contributed by atoms with Crippen LogP contribution in [0.4, 0.5) is 0 Å². The van der Waals surface area contributed by atoms with E-state index in [9.17, 15) is 0 Å². The molecule has 0 aliphatic heterocycles. The van der Waals surface area contributed by atoms with Crippen LogP contribution in [0.1, 0.15) is 5.56 Å². The number of pyridine rings is 1. The van der Waals surface area contributed by atoms with Gasteiger partial charge in [-0.05, 0) is 17.7 Å². The Morgan fingerprint density at radius 1 is 1.19 bits per heavy atom. The van der Waals surface area contributed by atoms with Crippen molar-refractivity contribution >= 4 is 35.0 Å². The maximum atomic E-state index is 5.95. The summed E-state index contributed by atoms with van der Waals surface area (Å²) in [7, 11) is 0. The Balaban J connectivity index is 2.05. The minimum Gasteiger partial charge on any atom is -0.245 e. The maximum Gasteiger partial charge on any atom is 0.134 e. The summed E-state index contributed by atoms with van der Waals surface area (Å²) in [5.74, 6) is 0.708. The first-order valence-electron chi connectivity index (χ1n) is 4.45. The van der Waals surface area contributed by atoms with Crippen LogP contribution in [0.2, 0.25) is 10.3 Å². The summed E-state index contributed by atoms with van der Waals surface area (Å²) in [4.78, 5) is 11.9. The van der Waals surface area contributed by atoms with Crippen LogP contribution in [0, 0.1) is 0 Å². The quantitative estimate of drug-likeness (QED) is 0.487. The maximum absolute atomic E-state index is 5.95. The largest absolute Gasteiger partial charge is 0.245 e. The Hall–Kier alpha value is -0.840. The minimum absolute atomic E-state index is 0.404. The Morgan fingerprint density at radius 3 is 2.75 bits per heavy atom. The van der Waals surface area contributed by atoms with E-state index < -0.39 is 0 Å². The van der Waals surface area contributed by atoms with Gasteiger partial charge in [0.25, 0.3) is 0 Å². The average Bonchev–Trinajstić information content (AvgIpc) is 2.29. The summed E-state index contributed by atoms with van der Waals surface area (Å²) in [5, 5.41) is 1.75. The molecule has 2 heterocycles. The molecule has 0 fully saturated rings. The van der Waals surface area contributed by atoms with Crippen LogP contribution >= 0.6 is 35.0 Å². The summed E-state index contributed by atoms with van der Waals surface area (Å²) < 4.78 is 0. The van der Waals surface area contributed by atoms with Crippen LogP contribution in [-0.4, -0.2) is 15.0 Å². The van der Waals surface area contributed by atoms with E-state index in [0.29, 0.717) is 16.1 Å². The molecule has 82 valence electrons. The van der Waals surface area contributed by atoms with Gasteiger partial charge in [-0.1, -0.05) is 29.3 Å². The van der Waals surface area contributed by atoms with Crippen molar-refractivity contribution in [1.82, 2.24) is 15.0 Å². The molecule has 0 N–H and O–H groups in total. The first-order chi connectivity index (χ1) is 7.75. The first-order valence-corrected chi connectivity index (χ1v) is 6.19. The van der Waals surface area contributed by atoms with Crippen LogP contribution in [0.5, 0.6) is 0 Å². The van der Waals surface area contributed by atoms with Crippen LogP contribution in [-0.2, 0) is 5.75 Å². The zero-order valence-corrected chi connectivity index (χ0v) is 10.4. The van der Waals surface area contributed by atoms with Gasteiger partial charge in [-0.15, -0.1) is 11.8 Å². The molecule has 0 saturated carbocycles. The molecule has 0 aliphatic carbocycles. The molecule has 2 aromatic rings. The third-order valence-electron chi connectivity index (χ3n) is 1.82. The molecule has 0 radical (unpaired) electrons. The molecule has 0 saturated heterocycles. The molecular weight excluding hydrogens is 265 g/mol. The number of aromatic nitrogens is 3. The number of hydrogen-bond donors (Lipinski definition) is 0. The highest BCUT2D eigenvalue weighted by atomic mass is 35.5. The van der Waals surface area contributed by atoms with Gasteiger partial charge in [-0.25, -0.2) is 15.0 Å². The van der Waals surface area contributed by atoms with Gasteiger partial charge in [0.15, 0.2) is 0 Å². The normalized spacial score (nSPS) is 10.4. The zero-order chi connectivity index (χ0) is 11.4. The van der Waals surface area contributed by atoms with Crippen molar-refractivity contribution in [1.29, 1.82) is 0 Å². The molecule has 0 bridgehead atoms. The molecule has 2 rings (SSSR count). The Morgan fingerprint density at radius 2 is 2.06 bits per heavy atom. The van der Waals surface area contributed by atoms with E-state index in [4.69, 9.17) is 23.2 Å². The van der Waals surface area contributed by atoms with E-state index in [1.54, 1.807) is 24.0 Å². The first kappa shape index (κ1) is 11.6. The lowest BCUT2D eigenvalue weighted by molar-refractivity contribution is 1.05. The predicted molar refractivity (Wildman–Crippen MR) is 65.9 cm³/mol. The van der Waals surface area contributed by atoms with E-state index in [1.807, 2.05) is 12.1 Å². The van der Waals surface area contributed by atoms with Crippen molar-refractivity contribution in [3.8, 4) is 0 Å². The SMILES string of the molecule is Clc1ccc(CSc2ccncn2)c(Cl)n1. The van der Waals surface area contributed by atoms with E-state index >= 15 is 0 Å². The number of thioether (sulfide) groups is 1. The fourth-order valence-corrected chi connectivity index (χ4v) is 2.37. The summed E-state index contributed by atoms with van der Waals surface area (Å²) in [6.45, 7) is 0. The van der Waals surface area contributed by atoms with Gasteiger partial charge in [0.2, 0.25) is 0 Å². The van der Waals surface area contributed by atoms with Crippen molar-refractivity contribution in [3.05, 3.63) is 46.6 Å².